The minimum atomic E-state index is -0.551. The van der Waals surface area contributed by atoms with Crippen LogP contribution in [-0.4, -0.2) is 75.2 Å². The van der Waals surface area contributed by atoms with Crippen LogP contribution >= 0.6 is 0 Å². The molecule has 186 valence electrons. The third-order valence-corrected chi connectivity index (χ3v) is 5.91. The van der Waals surface area contributed by atoms with Gasteiger partial charge in [0, 0.05) is 31.7 Å². The van der Waals surface area contributed by atoms with Crippen LogP contribution < -0.4 is 4.74 Å². The van der Waals surface area contributed by atoms with Crippen LogP contribution in [0.1, 0.15) is 63.6 Å². The highest BCUT2D eigenvalue weighted by Crippen LogP contribution is 2.23. The maximum absolute atomic E-state index is 13.4. The Morgan fingerprint density at radius 3 is 2.65 bits per heavy atom. The molecule has 0 N–H and O–H groups in total. The summed E-state index contributed by atoms with van der Waals surface area (Å²) >= 11 is 0. The molecule has 2 amide bonds. The van der Waals surface area contributed by atoms with Crippen LogP contribution in [-0.2, 0) is 4.74 Å². The molecule has 1 aromatic carbocycles. The summed E-state index contributed by atoms with van der Waals surface area (Å²) in [5.41, 5.74) is 1.25. The van der Waals surface area contributed by atoms with Gasteiger partial charge in [0.2, 0.25) is 0 Å². The van der Waals surface area contributed by atoms with Crippen molar-refractivity contribution in [2.45, 2.75) is 66.0 Å². The smallest absolute Gasteiger partial charge is 0.410 e. The first-order valence-electron chi connectivity index (χ1n) is 11.9. The number of ether oxygens (including phenoxy) is 2. The summed E-state index contributed by atoms with van der Waals surface area (Å²) in [6.07, 6.45) is 1.51. The fourth-order valence-corrected chi connectivity index (χ4v) is 4.16. The van der Waals surface area contributed by atoms with E-state index in [1.165, 1.54) is 0 Å². The Hall–Kier alpha value is -3.10. The van der Waals surface area contributed by atoms with Gasteiger partial charge in [-0.2, -0.15) is 0 Å². The highest BCUT2D eigenvalue weighted by atomic mass is 16.6. The number of benzene rings is 1. The molecule has 1 aromatic heterocycles. The zero-order valence-corrected chi connectivity index (χ0v) is 21.4. The van der Waals surface area contributed by atoms with E-state index in [4.69, 9.17) is 9.47 Å². The van der Waals surface area contributed by atoms with Crippen molar-refractivity contribution in [2.75, 3.05) is 26.7 Å². The van der Waals surface area contributed by atoms with E-state index in [2.05, 4.69) is 10.3 Å². The van der Waals surface area contributed by atoms with Crippen molar-refractivity contribution >= 4 is 12.0 Å². The monoisotopic (exact) mass is 471 g/mol. The number of amides is 2. The molecule has 1 atom stereocenters. The Balaban J connectivity index is 1.72. The lowest BCUT2D eigenvalue weighted by atomic mass is 9.96. The van der Waals surface area contributed by atoms with Gasteiger partial charge in [-0.1, -0.05) is 11.3 Å². The number of rotatable bonds is 6. The van der Waals surface area contributed by atoms with Crippen LogP contribution in [0.3, 0.4) is 0 Å². The third-order valence-electron chi connectivity index (χ3n) is 5.91. The number of carbonyl (C=O) groups is 2. The van der Waals surface area contributed by atoms with Gasteiger partial charge in [0.25, 0.3) is 5.91 Å². The van der Waals surface area contributed by atoms with Crippen molar-refractivity contribution in [1.29, 1.82) is 0 Å². The molecule has 9 nitrogen and oxygen atoms in total. The van der Waals surface area contributed by atoms with Crippen LogP contribution in [0, 0.1) is 12.8 Å². The Kier molecular flexibility index (Phi) is 7.84. The summed E-state index contributed by atoms with van der Waals surface area (Å²) in [6.45, 7) is 13.2. The van der Waals surface area contributed by atoms with Crippen LogP contribution in [0.5, 0.6) is 5.75 Å². The molecule has 0 saturated carbocycles. The van der Waals surface area contributed by atoms with E-state index in [0.717, 1.165) is 18.5 Å². The molecule has 1 unspecified atom stereocenters. The topological polar surface area (TPSA) is 89.8 Å². The van der Waals surface area contributed by atoms with Crippen molar-refractivity contribution in [3.63, 3.8) is 0 Å². The van der Waals surface area contributed by atoms with Crippen LogP contribution in [0.2, 0.25) is 0 Å². The fraction of sp³-hybridized carbons (Fsp3) is 0.600. The zero-order valence-electron chi connectivity index (χ0n) is 21.4. The van der Waals surface area contributed by atoms with E-state index < -0.39 is 5.60 Å². The predicted octanol–water partition coefficient (Wildman–Crippen LogP) is 4.08. The first-order chi connectivity index (χ1) is 16.0. The first kappa shape index (κ1) is 25.5. The minimum absolute atomic E-state index is 0.00550. The number of likely N-dealkylation sites (tertiary alicyclic amines) is 1. The Morgan fingerprint density at radius 1 is 1.26 bits per heavy atom. The van der Waals surface area contributed by atoms with Crippen LogP contribution in [0.4, 0.5) is 4.79 Å². The number of methoxy groups -OCH3 is 1. The zero-order chi connectivity index (χ0) is 25.0. The molecule has 0 aliphatic carbocycles. The second kappa shape index (κ2) is 10.4. The maximum Gasteiger partial charge on any atom is 0.410 e. The molecule has 0 bridgehead atoms. The Morgan fingerprint density at radius 2 is 2.00 bits per heavy atom. The average molecular weight is 472 g/mol. The Labute approximate surface area is 202 Å². The second-order valence-electron chi connectivity index (χ2n) is 10.1. The number of hydrogen-bond acceptors (Lipinski definition) is 6. The van der Waals surface area contributed by atoms with Gasteiger partial charge in [0.15, 0.2) is 5.69 Å². The van der Waals surface area contributed by atoms with E-state index in [1.807, 2.05) is 70.7 Å². The van der Waals surface area contributed by atoms with E-state index >= 15 is 0 Å². The second-order valence-corrected chi connectivity index (χ2v) is 10.1. The van der Waals surface area contributed by atoms with Crippen LogP contribution in [0.15, 0.2) is 24.3 Å². The molecule has 2 heterocycles. The highest BCUT2D eigenvalue weighted by Gasteiger charge is 2.32. The molecular formula is C25H37N5O4. The molecule has 0 radical (unpaired) electrons. The van der Waals surface area contributed by atoms with Gasteiger partial charge in [-0.3, -0.25) is 4.79 Å². The SMILES string of the molecule is COc1cccc(-n2nnc(C(=O)N3CCCC(CN(C(=O)OC(C)(C)C)C(C)C)C3)c2C)c1. The van der Waals surface area contributed by atoms with Gasteiger partial charge in [0.1, 0.15) is 11.4 Å². The maximum atomic E-state index is 13.4. The van der Waals surface area contributed by atoms with Gasteiger partial charge >= 0.3 is 6.09 Å². The third kappa shape index (κ3) is 6.07. The highest BCUT2D eigenvalue weighted by molar-refractivity contribution is 5.93. The van der Waals surface area contributed by atoms with E-state index in [1.54, 1.807) is 16.7 Å². The summed E-state index contributed by atoms with van der Waals surface area (Å²) in [5.74, 6) is 0.741. The summed E-state index contributed by atoms with van der Waals surface area (Å²) in [4.78, 5) is 29.7. The van der Waals surface area contributed by atoms with Crippen molar-refractivity contribution in [3.05, 3.63) is 35.7 Å². The molecule has 1 aliphatic rings. The molecule has 1 saturated heterocycles. The lowest BCUT2D eigenvalue weighted by Crippen LogP contribution is -2.48. The molecule has 3 rings (SSSR count). The van der Waals surface area contributed by atoms with Gasteiger partial charge < -0.3 is 19.3 Å². The quantitative estimate of drug-likeness (QED) is 0.631. The molecule has 1 fully saturated rings. The van der Waals surface area contributed by atoms with Crippen molar-refractivity contribution in [3.8, 4) is 11.4 Å². The van der Waals surface area contributed by atoms with E-state index in [9.17, 15) is 9.59 Å². The number of piperidine rings is 1. The summed E-state index contributed by atoms with van der Waals surface area (Å²) in [7, 11) is 1.61. The number of carbonyl (C=O) groups excluding carboxylic acids is 2. The lowest BCUT2D eigenvalue weighted by molar-refractivity contribution is 0.0123. The number of aromatic nitrogens is 3. The summed E-state index contributed by atoms with van der Waals surface area (Å²) in [6, 6.07) is 7.48. The predicted molar refractivity (Wildman–Crippen MR) is 129 cm³/mol. The van der Waals surface area contributed by atoms with Crippen LogP contribution in [0.25, 0.3) is 5.69 Å². The fourth-order valence-electron chi connectivity index (χ4n) is 4.16. The van der Waals surface area contributed by atoms with E-state index in [0.29, 0.717) is 36.8 Å². The average Bonchev–Trinajstić information content (AvgIpc) is 3.17. The molecule has 1 aliphatic heterocycles. The first-order valence-corrected chi connectivity index (χ1v) is 11.9. The number of hydrogen-bond donors (Lipinski definition) is 0. The van der Waals surface area contributed by atoms with Crippen molar-refractivity contribution in [2.24, 2.45) is 5.92 Å². The summed E-state index contributed by atoms with van der Waals surface area (Å²) < 4.78 is 12.5. The Bertz CT molecular complexity index is 1010. The lowest BCUT2D eigenvalue weighted by Gasteiger charge is -2.37. The van der Waals surface area contributed by atoms with Crippen molar-refractivity contribution in [1.82, 2.24) is 24.8 Å². The van der Waals surface area contributed by atoms with Crippen molar-refractivity contribution < 1.29 is 19.1 Å². The number of nitrogens with zero attached hydrogens (tertiary/aromatic N) is 5. The largest absolute Gasteiger partial charge is 0.497 e. The molecular weight excluding hydrogens is 434 g/mol. The van der Waals surface area contributed by atoms with Gasteiger partial charge in [-0.25, -0.2) is 9.48 Å². The van der Waals surface area contributed by atoms with Gasteiger partial charge in [-0.05, 0) is 72.4 Å². The standard InChI is InChI=1S/C25H37N5O4/c1-17(2)29(24(32)34-25(4,5)6)16-19-10-9-13-28(15-19)23(31)22-18(3)30(27-26-22)20-11-8-12-21(14-20)33-7/h8,11-12,14,17,19H,9-10,13,15-16H2,1-7H3. The van der Waals surface area contributed by atoms with Gasteiger partial charge in [-0.15, -0.1) is 5.10 Å². The summed E-state index contributed by atoms with van der Waals surface area (Å²) in [5, 5.41) is 8.42. The van der Waals surface area contributed by atoms with Gasteiger partial charge in [0.05, 0.1) is 18.5 Å². The van der Waals surface area contributed by atoms with E-state index in [-0.39, 0.29) is 24.0 Å². The minimum Gasteiger partial charge on any atom is -0.497 e. The molecule has 2 aromatic rings. The normalized spacial score (nSPS) is 16.5. The molecule has 34 heavy (non-hydrogen) atoms. The molecule has 9 heteroatoms. The molecule has 0 spiro atoms.